The van der Waals surface area contributed by atoms with Crippen molar-refractivity contribution in [2.24, 2.45) is 0 Å². The number of carbonyl (C=O) groups excluding carboxylic acids is 1. The molecule has 1 aromatic rings. The normalized spacial score (nSPS) is 9.81. The van der Waals surface area contributed by atoms with Crippen molar-refractivity contribution in [2.75, 3.05) is 0 Å². The third kappa shape index (κ3) is 2.76. The summed E-state index contributed by atoms with van der Waals surface area (Å²) in [7, 11) is 0. The molecule has 1 rings (SSSR count). The zero-order valence-corrected chi connectivity index (χ0v) is 9.83. The molecule has 84 valence electrons. The largest absolute Gasteiger partial charge is 0.507 e. The van der Waals surface area contributed by atoms with Gasteiger partial charge in [0.05, 0.1) is 0 Å². The van der Waals surface area contributed by atoms with Gasteiger partial charge in [0.15, 0.2) is 0 Å². The maximum atomic E-state index is 11.2. The third-order valence-electron chi connectivity index (χ3n) is 2.24. The van der Waals surface area contributed by atoms with Crippen molar-refractivity contribution in [2.45, 2.75) is 12.8 Å². The second-order valence-corrected chi connectivity index (χ2v) is 3.84. The summed E-state index contributed by atoms with van der Waals surface area (Å²) < 4.78 is 0. The number of carbonyl (C=O) groups is 1. The first-order valence-electron chi connectivity index (χ1n) is 4.90. The van der Waals surface area contributed by atoms with Crippen molar-refractivity contribution in [3.05, 3.63) is 54.1 Å². The van der Waals surface area contributed by atoms with Crippen molar-refractivity contribution in [3.8, 4) is 5.75 Å². The molecule has 0 amide bonds. The van der Waals surface area contributed by atoms with Crippen LogP contribution in [0.1, 0.15) is 21.5 Å². The molecule has 0 bridgehead atoms. The number of phenolic OH excluding ortho intramolecular Hbond substituents is 1. The molecule has 0 aliphatic rings. The van der Waals surface area contributed by atoms with Crippen LogP contribution < -0.4 is 0 Å². The van der Waals surface area contributed by atoms with Crippen LogP contribution in [0.5, 0.6) is 5.75 Å². The van der Waals surface area contributed by atoms with Crippen LogP contribution in [0.15, 0.2) is 37.4 Å². The van der Waals surface area contributed by atoms with Gasteiger partial charge in [0.2, 0.25) is 5.12 Å². The Labute approximate surface area is 101 Å². The highest BCUT2D eigenvalue weighted by molar-refractivity contribution is 7.97. The first-order chi connectivity index (χ1) is 7.60. The number of benzene rings is 1. The lowest BCUT2D eigenvalue weighted by Gasteiger charge is -2.09. The van der Waals surface area contributed by atoms with Gasteiger partial charge in [-0.25, -0.2) is 0 Å². The monoisotopic (exact) mass is 234 g/mol. The maximum Gasteiger partial charge on any atom is 0.216 e. The van der Waals surface area contributed by atoms with Crippen LogP contribution in [0.2, 0.25) is 0 Å². The highest BCUT2D eigenvalue weighted by atomic mass is 32.1. The van der Waals surface area contributed by atoms with Crippen molar-refractivity contribution >= 4 is 17.7 Å². The Kier molecular flexibility index (Phi) is 4.38. The van der Waals surface area contributed by atoms with Crippen LogP contribution in [0.3, 0.4) is 0 Å². The minimum Gasteiger partial charge on any atom is -0.507 e. The average Bonchev–Trinajstić information content (AvgIpc) is 2.24. The minimum absolute atomic E-state index is 0.207. The molecule has 0 aliphatic heterocycles. The highest BCUT2D eigenvalue weighted by Crippen LogP contribution is 2.26. The molecule has 0 atom stereocenters. The van der Waals surface area contributed by atoms with Gasteiger partial charge in [0.25, 0.3) is 0 Å². The lowest BCUT2D eigenvalue weighted by Crippen LogP contribution is -1.96. The van der Waals surface area contributed by atoms with E-state index in [1.54, 1.807) is 24.3 Å². The lowest BCUT2D eigenvalue weighted by molar-refractivity contribution is 0.109. The molecule has 0 spiro atoms. The number of rotatable bonds is 5. The second kappa shape index (κ2) is 5.56. The van der Waals surface area contributed by atoms with E-state index in [1.807, 2.05) is 0 Å². The summed E-state index contributed by atoms with van der Waals surface area (Å²) >= 11 is 3.78. The zero-order valence-electron chi connectivity index (χ0n) is 8.94. The Morgan fingerprint density at radius 2 is 1.69 bits per heavy atom. The molecule has 0 aliphatic carbocycles. The van der Waals surface area contributed by atoms with E-state index in [4.69, 9.17) is 0 Å². The molecule has 0 saturated heterocycles. The molecular weight excluding hydrogens is 220 g/mol. The first-order valence-corrected chi connectivity index (χ1v) is 5.34. The Bertz CT molecular complexity index is 405. The van der Waals surface area contributed by atoms with E-state index in [9.17, 15) is 9.90 Å². The van der Waals surface area contributed by atoms with Crippen molar-refractivity contribution in [1.82, 2.24) is 0 Å². The van der Waals surface area contributed by atoms with Gasteiger partial charge in [0.1, 0.15) is 5.75 Å². The van der Waals surface area contributed by atoms with E-state index in [0.717, 1.165) is 0 Å². The van der Waals surface area contributed by atoms with E-state index in [-0.39, 0.29) is 10.9 Å². The molecule has 0 saturated carbocycles. The molecule has 0 fully saturated rings. The number of hydrogen-bond donors (Lipinski definition) is 2. The zero-order chi connectivity index (χ0) is 12.1. The van der Waals surface area contributed by atoms with Crippen molar-refractivity contribution in [1.29, 1.82) is 0 Å². The lowest BCUT2D eigenvalue weighted by atomic mass is 10.00. The molecule has 2 nitrogen and oxygen atoms in total. The summed E-state index contributed by atoms with van der Waals surface area (Å²) in [6, 6.07) is 3.28. The number of aromatic hydroxyl groups is 1. The molecule has 0 aromatic heterocycles. The minimum atomic E-state index is -0.310. The summed E-state index contributed by atoms with van der Waals surface area (Å²) in [4.78, 5) is 11.2. The Morgan fingerprint density at radius 3 is 2.00 bits per heavy atom. The van der Waals surface area contributed by atoms with Gasteiger partial charge in [-0.3, -0.25) is 4.79 Å². The Balaban J connectivity index is 3.31. The van der Waals surface area contributed by atoms with E-state index >= 15 is 0 Å². The molecule has 1 N–H and O–H groups in total. The van der Waals surface area contributed by atoms with Crippen LogP contribution >= 0.6 is 12.6 Å². The van der Waals surface area contributed by atoms with Crippen LogP contribution in [0.25, 0.3) is 0 Å². The average molecular weight is 234 g/mol. The quantitative estimate of drug-likeness (QED) is 0.607. The van der Waals surface area contributed by atoms with Gasteiger partial charge < -0.3 is 5.11 Å². The Hall–Kier alpha value is -1.48. The van der Waals surface area contributed by atoms with E-state index in [1.165, 1.54) is 0 Å². The van der Waals surface area contributed by atoms with Crippen LogP contribution in [0, 0.1) is 0 Å². The molecule has 0 radical (unpaired) electrons. The van der Waals surface area contributed by atoms with E-state index in [0.29, 0.717) is 29.5 Å². The molecule has 0 unspecified atom stereocenters. The first kappa shape index (κ1) is 12.6. The number of hydrogen-bond acceptors (Lipinski definition) is 2. The van der Waals surface area contributed by atoms with Gasteiger partial charge in [0, 0.05) is 5.56 Å². The molecule has 1 aromatic carbocycles. The highest BCUT2D eigenvalue weighted by Gasteiger charge is 2.10. The molecule has 3 heteroatoms. The van der Waals surface area contributed by atoms with Gasteiger partial charge in [-0.2, -0.15) is 0 Å². The molecular formula is C13H14O2S. The van der Waals surface area contributed by atoms with Gasteiger partial charge in [-0.1, -0.05) is 12.2 Å². The number of phenols is 1. The molecule has 16 heavy (non-hydrogen) atoms. The van der Waals surface area contributed by atoms with E-state index < -0.39 is 0 Å². The van der Waals surface area contributed by atoms with Gasteiger partial charge in [-0.15, -0.1) is 25.8 Å². The standard InChI is InChI=1S/C13H14O2S/c1-3-5-9-7-11(13(15)16)8-10(6-4-2)12(9)14/h3-4,7-8,14H,1-2,5-6H2,(H,15,16). The van der Waals surface area contributed by atoms with Gasteiger partial charge >= 0.3 is 0 Å². The van der Waals surface area contributed by atoms with Crippen molar-refractivity contribution in [3.63, 3.8) is 0 Å². The van der Waals surface area contributed by atoms with Crippen LogP contribution in [0.4, 0.5) is 0 Å². The summed E-state index contributed by atoms with van der Waals surface area (Å²) in [6.45, 7) is 7.22. The third-order valence-corrected chi connectivity index (χ3v) is 2.50. The SMILES string of the molecule is C=CCc1cc(C(=O)S)cc(CC=C)c1O. The van der Waals surface area contributed by atoms with Gasteiger partial charge in [-0.05, 0) is 36.1 Å². The summed E-state index contributed by atoms with van der Waals surface area (Å²) in [5.74, 6) is 0.207. The van der Waals surface area contributed by atoms with Crippen LogP contribution in [-0.4, -0.2) is 10.2 Å². The fourth-order valence-electron chi connectivity index (χ4n) is 1.51. The summed E-state index contributed by atoms with van der Waals surface area (Å²) in [5, 5.41) is 9.62. The fourth-order valence-corrected chi connectivity index (χ4v) is 1.63. The van der Waals surface area contributed by atoms with Crippen molar-refractivity contribution < 1.29 is 9.90 Å². The maximum absolute atomic E-state index is 11.2. The smallest absolute Gasteiger partial charge is 0.216 e. The topological polar surface area (TPSA) is 37.3 Å². The van der Waals surface area contributed by atoms with Crippen LogP contribution in [-0.2, 0) is 12.8 Å². The fraction of sp³-hybridized carbons (Fsp3) is 0.154. The van der Waals surface area contributed by atoms with E-state index in [2.05, 4.69) is 25.8 Å². The Morgan fingerprint density at radius 1 is 1.25 bits per heavy atom. The summed E-state index contributed by atoms with van der Waals surface area (Å²) in [6.07, 6.45) is 4.40. The number of allylic oxidation sites excluding steroid dienone is 2. The predicted octanol–water partition coefficient (Wildman–Crippen LogP) is 2.92. The summed E-state index contributed by atoms with van der Waals surface area (Å²) in [5.41, 5.74) is 1.85. The number of thiol groups is 1. The predicted molar refractivity (Wildman–Crippen MR) is 69.2 cm³/mol. The second-order valence-electron chi connectivity index (χ2n) is 3.43. The molecule has 0 heterocycles.